The number of nitrogen functional groups attached to an aromatic ring is 1. The SMILES string of the molecule is CC[C@H]1CCC(=O)CC(=O)/C=C/c2cc(OC)c(O)cc2Cc2cnc(N)c(c2)C2(CCCC2)SSC1. The monoisotopic (exact) mass is 540 g/mol. The predicted molar refractivity (Wildman–Crippen MR) is 153 cm³/mol. The summed E-state index contributed by atoms with van der Waals surface area (Å²) in [5.74, 6) is 2.09. The molecule has 1 spiro atoms. The molecule has 2 heterocycles. The smallest absolute Gasteiger partial charge is 0.163 e. The standard InChI is InChI=1S/C29H36N2O4S2/c1-3-19-6-8-23(32)16-24(33)9-7-21-15-27(35-2)26(34)14-22(21)12-20-13-25(28(30)31-17-20)29(37-36-18-19)10-4-5-11-29/h7,9,13-15,17,19,34H,3-6,8,10-12,16,18H2,1-2H3,(H2,30,31)/b9-7+/t19-/m0/s1. The average molecular weight is 541 g/mol. The lowest BCUT2D eigenvalue weighted by molar-refractivity contribution is -0.124. The molecule has 8 heteroatoms. The number of phenols is 1. The third-order valence-corrected chi connectivity index (χ3v) is 10.9. The highest BCUT2D eigenvalue weighted by Gasteiger charge is 2.39. The second-order valence-corrected chi connectivity index (χ2v) is 12.8. The van der Waals surface area contributed by atoms with E-state index in [0.717, 1.165) is 66.5 Å². The summed E-state index contributed by atoms with van der Waals surface area (Å²) in [7, 11) is 5.28. The lowest BCUT2D eigenvalue weighted by Crippen LogP contribution is -2.20. The molecule has 0 saturated heterocycles. The lowest BCUT2D eigenvalue weighted by Gasteiger charge is -2.30. The molecule has 2 aliphatic rings. The fourth-order valence-corrected chi connectivity index (χ4v) is 9.01. The number of carbonyl (C=O) groups is 2. The van der Waals surface area contributed by atoms with Gasteiger partial charge in [-0.2, -0.15) is 0 Å². The van der Waals surface area contributed by atoms with Crippen molar-refractivity contribution in [2.45, 2.75) is 69.5 Å². The maximum atomic E-state index is 12.6. The summed E-state index contributed by atoms with van der Waals surface area (Å²) < 4.78 is 5.23. The summed E-state index contributed by atoms with van der Waals surface area (Å²) in [4.78, 5) is 29.7. The molecule has 1 saturated carbocycles. The van der Waals surface area contributed by atoms with Gasteiger partial charge in [0, 0.05) is 23.9 Å². The van der Waals surface area contributed by atoms with E-state index in [0.29, 0.717) is 30.3 Å². The van der Waals surface area contributed by atoms with E-state index in [9.17, 15) is 14.7 Å². The zero-order valence-corrected chi connectivity index (χ0v) is 23.3. The van der Waals surface area contributed by atoms with Crippen LogP contribution in [0.25, 0.3) is 6.08 Å². The quantitative estimate of drug-likeness (QED) is 0.330. The highest BCUT2D eigenvalue weighted by molar-refractivity contribution is 8.77. The number of ketones is 2. The fraction of sp³-hybridized carbons (Fsp3) is 0.483. The van der Waals surface area contributed by atoms with Crippen LogP contribution < -0.4 is 10.5 Å². The average Bonchev–Trinajstić information content (AvgIpc) is 3.36. The third-order valence-electron chi connectivity index (χ3n) is 7.46. The van der Waals surface area contributed by atoms with E-state index >= 15 is 0 Å². The molecule has 3 N–H and O–H groups in total. The van der Waals surface area contributed by atoms with Gasteiger partial charge in [-0.3, -0.25) is 9.59 Å². The number of aromatic hydroxyl groups is 1. The van der Waals surface area contributed by atoms with Crippen molar-refractivity contribution in [3.8, 4) is 11.5 Å². The number of hydrogen-bond donors (Lipinski definition) is 2. The van der Waals surface area contributed by atoms with Crippen molar-refractivity contribution in [1.29, 1.82) is 0 Å². The van der Waals surface area contributed by atoms with Crippen LogP contribution in [0.1, 0.15) is 80.5 Å². The maximum absolute atomic E-state index is 12.6. The number of nitrogens with zero attached hydrogens (tertiary/aromatic N) is 1. The van der Waals surface area contributed by atoms with Crippen molar-refractivity contribution in [2.75, 3.05) is 18.6 Å². The molecule has 2 bridgehead atoms. The van der Waals surface area contributed by atoms with Crippen LogP contribution in [-0.4, -0.2) is 34.5 Å². The number of anilines is 1. The first-order valence-corrected chi connectivity index (χ1v) is 15.3. The molecule has 1 aliphatic heterocycles. The van der Waals surface area contributed by atoms with Crippen molar-refractivity contribution in [3.63, 3.8) is 0 Å². The van der Waals surface area contributed by atoms with Gasteiger partial charge < -0.3 is 15.6 Å². The van der Waals surface area contributed by atoms with Crippen LogP contribution in [0.3, 0.4) is 0 Å². The van der Waals surface area contributed by atoms with Gasteiger partial charge in [-0.15, -0.1) is 0 Å². The molecule has 198 valence electrons. The van der Waals surface area contributed by atoms with E-state index in [4.69, 9.17) is 10.5 Å². The maximum Gasteiger partial charge on any atom is 0.163 e. The van der Waals surface area contributed by atoms with Gasteiger partial charge in [-0.05, 0) is 72.6 Å². The van der Waals surface area contributed by atoms with E-state index in [1.807, 2.05) is 21.6 Å². The van der Waals surface area contributed by atoms with Crippen LogP contribution in [0.2, 0.25) is 0 Å². The fourth-order valence-electron chi connectivity index (χ4n) is 5.18. The number of methoxy groups -OCH3 is 1. The Bertz CT molecular complexity index is 1170. The zero-order chi connectivity index (χ0) is 26.4. The topological polar surface area (TPSA) is 103 Å². The Kier molecular flexibility index (Phi) is 9.24. The zero-order valence-electron chi connectivity index (χ0n) is 21.6. The van der Waals surface area contributed by atoms with Crippen LogP contribution in [0.4, 0.5) is 5.82 Å². The number of allylic oxidation sites excluding steroid dienone is 1. The molecular formula is C29H36N2O4S2. The Balaban J connectivity index is 1.76. The predicted octanol–water partition coefficient (Wildman–Crippen LogP) is 6.48. The number of phenolic OH excluding ortho intramolecular Hbond substituents is 1. The number of carbonyl (C=O) groups excluding carboxylic acids is 2. The van der Waals surface area contributed by atoms with Gasteiger partial charge in [0.25, 0.3) is 0 Å². The van der Waals surface area contributed by atoms with Crippen molar-refractivity contribution in [2.24, 2.45) is 5.92 Å². The molecule has 4 rings (SSSR count). The normalized spacial score (nSPS) is 21.7. The summed E-state index contributed by atoms with van der Waals surface area (Å²) in [6.07, 6.45) is 12.1. The highest BCUT2D eigenvalue weighted by Crippen LogP contribution is 2.56. The Hall–Kier alpha value is -2.45. The minimum atomic E-state index is -0.221. The molecule has 1 aliphatic carbocycles. The molecule has 0 unspecified atom stereocenters. The number of benzene rings is 1. The number of ether oxygens (including phenoxy) is 1. The minimum Gasteiger partial charge on any atom is -0.504 e. The Morgan fingerprint density at radius 3 is 2.68 bits per heavy atom. The molecule has 1 aromatic carbocycles. The lowest BCUT2D eigenvalue weighted by atomic mass is 9.93. The van der Waals surface area contributed by atoms with E-state index in [1.54, 1.807) is 24.4 Å². The van der Waals surface area contributed by atoms with Gasteiger partial charge in [0.05, 0.1) is 18.3 Å². The van der Waals surface area contributed by atoms with Crippen LogP contribution in [0.5, 0.6) is 11.5 Å². The second-order valence-electron chi connectivity index (χ2n) is 10.1. The third kappa shape index (κ3) is 6.71. The molecule has 37 heavy (non-hydrogen) atoms. The number of nitrogens with two attached hydrogens (primary N) is 1. The first-order chi connectivity index (χ1) is 17.8. The van der Waals surface area contributed by atoms with Crippen LogP contribution in [0.15, 0.2) is 30.5 Å². The summed E-state index contributed by atoms with van der Waals surface area (Å²) in [6, 6.07) is 5.57. The molecule has 1 fully saturated rings. The number of pyridine rings is 1. The second kappa shape index (κ2) is 12.4. The number of hydrogen-bond acceptors (Lipinski definition) is 8. The Morgan fingerprint density at radius 2 is 1.95 bits per heavy atom. The molecule has 1 aromatic heterocycles. The molecule has 0 amide bonds. The van der Waals surface area contributed by atoms with Crippen molar-refractivity contribution >= 4 is 45.0 Å². The van der Waals surface area contributed by atoms with E-state index in [-0.39, 0.29) is 28.5 Å². The Labute approximate surface area is 227 Å². The van der Waals surface area contributed by atoms with Gasteiger partial charge in [-0.1, -0.05) is 53.9 Å². The van der Waals surface area contributed by atoms with Crippen LogP contribution >= 0.6 is 21.6 Å². The first-order valence-electron chi connectivity index (χ1n) is 13.0. The van der Waals surface area contributed by atoms with Gasteiger partial charge in [0.1, 0.15) is 11.6 Å². The van der Waals surface area contributed by atoms with Gasteiger partial charge in [-0.25, -0.2) is 4.98 Å². The van der Waals surface area contributed by atoms with Crippen molar-refractivity contribution < 1.29 is 19.4 Å². The van der Waals surface area contributed by atoms with E-state index < -0.39 is 0 Å². The number of aromatic nitrogens is 1. The highest BCUT2D eigenvalue weighted by atomic mass is 33.1. The van der Waals surface area contributed by atoms with Gasteiger partial charge >= 0.3 is 0 Å². The molecule has 2 aromatic rings. The number of fused-ring (bicyclic) bond motifs is 4. The van der Waals surface area contributed by atoms with Crippen molar-refractivity contribution in [1.82, 2.24) is 4.98 Å². The summed E-state index contributed by atoms with van der Waals surface area (Å²) in [6.45, 7) is 2.17. The molecule has 6 nitrogen and oxygen atoms in total. The number of rotatable bonds is 2. The number of Topliss-reactive ketones (excluding diaryl/α,β-unsaturated/α-hetero) is 1. The molecular weight excluding hydrogens is 504 g/mol. The molecule has 0 radical (unpaired) electrons. The van der Waals surface area contributed by atoms with E-state index in [2.05, 4.69) is 18.0 Å². The minimum absolute atomic E-state index is 0.0172. The van der Waals surface area contributed by atoms with Gasteiger partial charge in [0.15, 0.2) is 17.3 Å². The van der Waals surface area contributed by atoms with Crippen molar-refractivity contribution in [3.05, 3.63) is 52.7 Å². The summed E-state index contributed by atoms with van der Waals surface area (Å²) >= 11 is 0. The summed E-state index contributed by atoms with van der Waals surface area (Å²) in [5, 5.41) is 10.5. The first kappa shape index (κ1) is 27.6. The van der Waals surface area contributed by atoms with E-state index in [1.165, 1.54) is 13.2 Å². The van der Waals surface area contributed by atoms with Crippen LogP contribution in [0, 0.1) is 5.92 Å². The van der Waals surface area contributed by atoms with Crippen LogP contribution in [-0.2, 0) is 20.8 Å². The summed E-state index contributed by atoms with van der Waals surface area (Å²) in [5.41, 5.74) is 10.1. The molecule has 1 atom stereocenters. The Morgan fingerprint density at radius 1 is 1.16 bits per heavy atom. The van der Waals surface area contributed by atoms with Gasteiger partial charge in [0.2, 0.25) is 0 Å². The largest absolute Gasteiger partial charge is 0.504 e.